The Hall–Kier alpha value is -13.2. The van der Waals surface area contributed by atoms with Gasteiger partial charge in [-0.05, 0) is 116 Å². The fourth-order valence-corrected chi connectivity index (χ4v) is 11.6. The Kier molecular flexibility index (Phi) is 28.0. The number of fused-ring (bicyclic) bond motifs is 1. The molecule has 0 atom stereocenters. The van der Waals surface area contributed by atoms with E-state index in [4.69, 9.17) is 16.2 Å². The fourth-order valence-electron chi connectivity index (χ4n) is 10.7. The first-order valence-electron chi connectivity index (χ1n) is 34.3. The van der Waals surface area contributed by atoms with Crippen molar-refractivity contribution in [2.75, 3.05) is 23.8 Å². The first-order valence-corrected chi connectivity index (χ1v) is 35.1. The fraction of sp³-hybridized carbons (Fsp3) is 0.128. The Bertz CT molecular complexity index is 5030. The molecule has 13 aromatic rings. The Morgan fingerprint density at radius 2 is 0.981 bits per heavy atom. The largest absolute Gasteiger partial charge is 0.445 e. The average Bonchev–Trinajstić information content (AvgIpc) is 1.36. The van der Waals surface area contributed by atoms with Crippen LogP contribution < -0.4 is 38.1 Å². The molecule has 0 unspecified atom stereocenters. The molecule has 20 heteroatoms. The number of thiophene rings is 1. The van der Waals surface area contributed by atoms with Gasteiger partial charge >= 0.3 is 6.09 Å². The first kappa shape index (κ1) is 75.5. The number of Topliss-reactive ketones (excluding diaryl/α,β-unsaturated/α-hetero) is 3. The Labute approximate surface area is 619 Å². The molecule has 0 saturated carbocycles. The van der Waals surface area contributed by atoms with Gasteiger partial charge in [-0.1, -0.05) is 189 Å². The Morgan fingerprint density at radius 3 is 1.58 bits per heavy atom. The third-order valence-electron chi connectivity index (χ3n) is 16.7. The van der Waals surface area contributed by atoms with E-state index < -0.39 is 6.09 Å². The van der Waals surface area contributed by atoms with E-state index in [9.17, 15) is 28.8 Å². The van der Waals surface area contributed by atoms with Crippen molar-refractivity contribution in [1.82, 2.24) is 46.2 Å². The van der Waals surface area contributed by atoms with Crippen molar-refractivity contribution >= 4 is 74.7 Å². The van der Waals surface area contributed by atoms with E-state index in [0.29, 0.717) is 76.9 Å². The maximum absolute atomic E-state index is 12.5. The molecule has 0 fully saturated rings. The third kappa shape index (κ3) is 23.2. The van der Waals surface area contributed by atoms with Crippen LogP contribution in [0.15, 0.2) is 286 Å². The second kappa shape index (κ2) is 39.3. The van der Waals surface area contributed by atoms with Gasteiger partial charge < -0.3 is 42.8 Å². The van der Waals surface area contributed by atoms with Gasteiger partial charge in [0.05, 0.1) is 21.1 Å². The summed E-state index contributed by atoms with van der Waals surface area (Å²) in [5.41, 5.74) is 26.1. The molecule has 0 spiro atoms. The number of nitrogens with zero attached hydrogens (tertiary/aromatic N) is 5. The van der Waals surface area contributed by atoms with Crippen LogP contribution in [0.2, 0.25) is 0 Å². The van der Waals surface area contributed by atoms with Gasteiger partial charge in [-0.3, -0.25) is 38.9 Å². The standard InChI is InChI=1S/C24H21N5O.C22H21N3O3.C21H19NO2.C19H19N3OS/c25-21-6-2-1-4-19(21)14-23(30)18-9-7-17(8-10-18)15-28-24-27-13-11-22(29-24)20-5-3-12-26-16-20;23-20-6-2-1-5-19(20)12-21(26)18-9-7-16(8-10-18)14-25-22(27)28-15-17-4-3-11-24-13-17;1-2-20(23)17-9-7-15(8-10-17)14-22-21(24)19-12-11-16-5-3-4-6-18(16)13-19;1-20-19(23)18-10-9-17(24-18)16-8-7-15(13-22-16)12-21-11-14-5-3-2-4-6-14/h1-13,16H,14-15,25H2,(H,27,28,29);1-11,13H,12,14-15,23H2,(H,25,27);3-13H,2,14H2,1H3,(H,22,24);2-10,13,21H,11-12H2,1H3,(H,20,23). The summed E-state index contributed by atoms with van der Waals surface area (Å²) in [6.45, 7) is 4.92. The molecule has 19 nitrogen and oxygen atoms in total. The van der Waals surface area contributed by atoms with Gasteiger partial charge in [0.2, 0.25) is 5.95 Å². The van der Waals surface area contributed by atoms with E-state index in [2.05, 4.69) is 69.7 Å². The van der Waals surface area contributed by atoms with Crippen molar-refractivity contribution in [3.8, 4) is 21.8 Å². The quantitative estimate of drug-likeness (QED) is 0.0207. The van der Waals surface area contributed by atoms with Gasteiger partial charge in [0.15, 0.2) is 17.3 Å². The monoisotopic (exact) mass is 1420 g/mol. The van der Waals surface area contributed by atoms with Crippen molar-refractivity contribution in [3.05, 3.63) is 358 Å². The van der Waals surface area contributed by atoms with Crippen LogP contribution in [-0.4, -0.2) is 67.2 Å². The molecule has 0 bridgehead atoms. The molecule has 532 valence electrons. The number of para-hydroxylation sites is 2. The van der Waals surface area contributed by atoms with Gasteiger partial charge in [-0.25, -0.2) is 14.8 Å². The van der Waals surface area contributed by atoms with Gasteiger partial charge in [-0.15, -0.1) is 11.3 Å². The van der Waals surface area contributed by atoms with E-state index in [1.54, 1.807) is 62.3 Å². The highest BCUT2D eigenvalue weighted by Gasteiger charge is 2.15. The summed E-state index contributed by atoms with van der Waals surface area (Å²) in [7, 11) is 1.64. The lowest BCUT2D eigenvalue weighted by atomic mass is 10.0. The van der Waals surface area contributed by atoms with Crippen molar-refractivity contribution < 1.29 is 33.5 Å². The van der Waals surface area contributed by atoms with Crippen molar-refractivity contribution in [3.63, 3.8) is 0 Å². The van der Waals surface area contributed by atoms with E-state index >= 15 is 0 Å². The number of carbonyl (C=O) groups is 6. The van der Waals surface area contributed by atoms with Crippen molar-refractivity contribution in [2.45, 2.75) is 65.5 Å². The Balaban J connectivity index is 0.000000152. The van der Waals surface area contributed by atoms with E-state index in [1.165, 1.54) is 16.9 Å². The lowest BCUT2D eigenvalue weighted by molar-refractivity contribution is 0.0946. The molecule has 13 rings (SSSR count). The molecule has 0 saturated heterocycles. The van der Waals surface area contributed by atoms with Crippen LogP contribution in [-0.2, 0) is 56.9 Å². The molecular weight excluding hydrogens is 1350 g/mol. The minimum atomic E-state index is -0.511. The predicted octanol–water partition coefficient (Wildman–Crippen LogP) is 15.5. The SMILES string of the molecule is CCC(=O)c1ccc(CNC(=O)c2ccc3ccccc3c2)cc1.CNC(=O)c1ccc(-c2ccc(CNCc3ccccc3)cn2)s1.Nc1ccccc1CC(=O)c1ccc(CNC(=O)OCc2cccnc2)cc1.Nc1ccccc1CC(=O)c1ccc(CNc2nccc(-c3cccnc3)n2)cc1. The van der Waals surface area contributed by atoms with E-state index in [0.717, 1.165) is 84.6 Å². The summed E-state index contributed by atoms with van der Waals surface area (Å²) >= 11 is 1.45. The number of amides is 3. The highest BCUT2D eigenvalue weighted by atomic mass is 32.1. The summed E-state index contributed by atoms with van der Waals surface area (Å²) in [5, 5.41) is 17.0. The molecule has 8 aromatic carbocycles. The maximum Gasteiger partial charge on any atom is 0.407 e. The molecule has 0 aliphatic rings. The molecule has 106 heavy (non-hydrogen) atoms. The predicted molar refractivity (Wildman–Crippen MR) is 419 cm³/mol. The summed E-state index contributed by atoms with van der Waals surface area (Å²) < 4.78 is 5.13. The van der Waals surface area contributed by atoms with Gasteiger partial charge in [0, 0.05) is 141 Å². The number of ketones is 3. The number of hydrogen-bond acceptors (Lipinski definition) is 17. The van der Waals surface area contributed by atoms with Crippen LogP contribution in [0, 0.1) is 0 Å². The lowest BCUT2D eigenvalue weighted by Gasteiger charge is -2.08. The molecule has 5 aromatic heterocycles. The molecule has 3 amide bonds. The van der Waals surface area contributed by atoms with Crippen LogP contribution in [0.1, 0.15) is 109 Å². The number of benzene rings is 8. The van der Waals surface area contributed by atoms with Crippen molar-refractivity contribution in [2.24, 2.45) is 0 Å². The smallest absolute Gasteiger partial charge is 0.407 e. The maximum atomic E-state index is 12.5. The van der Waals surface area contributed by atoms with Crippen LogP contribution in [0.25, 0.3) is 32.6 Å². The normalized spacial score (nSPS) is 10.5. The zero-order chi connectivity index (χ0) is 74.2. The van der Waals surface area contributed by atoms with Crippen LogP contribution >= 0.6 is 11.3 Å². The average molecular weight is 1430 g/mol. The Morgan fingerprint density at radius 1 is 0.434 bits per heavy atom. The summed E-state index contributed by atoms with van der Waals surface area (Å²) in [5.74, 6) is 0.536. The highest BCUT2D eigenvalue weighted by molar-refractivity contribution is 7.17. The number of nitrogen functional groups attached to an aromatic ring is 2. The topological polar surface area (TPSA) is 288 Å². The molecule has 5 heterocycles. The number of aromatic nitrogens is 5. The van der Waals surface area contributed by atoms with E-state index in [-0.39, 0.29) is 42.2 Å². The van der Waals surface area contributed by atoms with E-state index in [1.807, 2.05) is 219 Å². The second-order valence-electron chi connectivity index (χ2n) is 24.2. The minimum absolute atomic E-state index is 0.00621. The lowest BCUT2D eigenvalue weighted by Crippen LogP contribution is -2.23. The number of ether oxygens (including phenoxy) is 1. The number of rotatable bonds is 25. The number of pyridine rings is 3. The molecular formula is C86H80N12O7S. The third-order valence-corrected chi connectivity index (χ3v) is 17.8. The van der Waals surface area contributed by atoms with Crippen LogP contribution in [0.5, 0.6) is 0 Å². The summed E-state index contributed by atoms with van der Waals surface area (Å²) in [6, 6.07) is 77.9. The molecule has 9 N–H and O–H groups in total. The second-order valence-corrected chi connectivity index (χ2v) is 25.3. The zero-order valence-electron chi connectivity index (χ0n) is 58.7. The number of hydrogen-bond donors (Lipinski definition) is 7. The highest BCUT2D eigenvalue weighted by Crippen LogP contribution is 2.27. The van der Waals surface area contributed by atoms with Crippen LogP contribution in [0.3, 0.4) is 0 Å². The van der Waals surface area contributed by atoms with Crippen LogP contribution in [0.4, 0.5) is 22.1 Å². The number of nitrogens with one attached hydrogen (secondary N) is 5. The number of nitrogens with two attached hydrogens (primary N) is 2. The summed E-state index contributed by atoms with van der Waals surface area (Å²) in [4.78, 5) is 95.4. The van der Waals surface area contributed by atoms with Gasteiger partial charge in [0.1, 0.15) is 6.61 Å². The molecule has 0 radical (unpaired) electrons. The number of alkyl carbamates (subject to hydrolysis) is 1. The number of carbonyl (C=O) groups excluding carboxylic acids is 6. The minimum Gasteiger partial charge on any atom is -0.445 e. The van der Waals surface area contributed by atoms with Gasteiger partial charge in [-0.2, -0.15) is 0 Å². The summed E-state index contributed by atoms with van der Waals surface area (Å²) in [6.07, 6.45) is 10.9. The van der Waals surface area contributed by atoms with Gasteiger partial charge in [0.25, 0.3) is 11.8 Å². The first-order chi connectivity index (χ1) is 51.7. The molecule has 0 aliphatic heterocycles. The zero-order valence-corrected chi connectivity index (χ0v) is 59.5. The molecule has 0 aliphatic carbocycles. The number of anilines is 3. The van der Waals surface area contributed by atoms with Crippen molar-refractivity contribution in [1.29, 1.82) is 0 Å².